The van der Waals surface area contributed by atoms with Crippen LogP contribution in [0.2, 0.25) is 5.02 Å². The van der Waals surface area contributed by atoms with Crippen molar-refractivity contribution in [2.45, 2.75) is 11.4 Å². The largest absolute Gasteiger partial charge is 0.491 e. The van der Waals surface area contributed by atoms with Crippen molar-refractivity contribution in [2.24, 2.45) is 0 Å². The first-order chi connectivity index (χ1) is 14.9. The maximum absolute atomic E-state index is 14.4. The number of urea groups is 1. The molecule has 0 N–H and O–H groups in total. The number of halogens is 3. The van der Waals surface area contributed by atoms with E-state index in [2.05, 4.69) is 9.97 Å². The van der Waals surface area contributed by atoms with E-state index in [0.717, 1.165) is 24.1 Å². The van der Waals surface area contributed by atoms with Crippen LogP contribution in [0.1, 0.15) is 5.56 Å². The Labute approximate surface area is 185 Å². The molecule has 1 aliphatic heterocycles. The Morgan fingerprint density at radius 3 is 2.68 bits per heavy atom. The van der Waals surface area contributed by atoms with E-state index in [-0.39, 0.29) is 23.0 Å². The zero-order chi connectivity index (χ0) is 22.1. The van der Waals surface area contributed by atoms with Crippen LogP contribution < -0.4 is 18.7 Å². The third-order valence-electron chi connectivity index (χ3n) is 4.47. The highest BCUT2D eigenvalue weighted by molar-refractivity contribution is 8.01. The number of pyridine rings is 2. The fourth-order valence-electron chi connectivity index (χ4n) is 3.01. The van der Waals surface area contributed by atoms with Gasteiger partial charge in [-0.1, -0.05) is 11.6 Å². The highest BCUT2D eigenvalue weighted by atomic mass is 35.5. The second-order valence-corrected chi connectivity index (χ2v) is 7.73. The number of ether oxygens (including phenoxy) is 2. The molecule has 0 fully saturated rings. The maximum Gasteiger partial charge on any atom is 0.341 e. The van der Waals surface area contributed by atoms with Crippen LogP contribution in [0.5, 0.6) is 11.6 Å². The fourth-order valence-corrected chi connectivity index (χ4v) is 4.23. The van der Waals surface area contributed by atoms with E-state index in [1.165, 1.54) is 35.8 Å². The number of benzene rings is 1. The van der Waals surface area contributed by atoms with Gasteiger partial charge in [-0.15, -0.1) is 0 Å². The van der Waals surface area contributed by atoms with Gasteiger partial charge in [-0.05, 0) is 18.2 Å². The molecule has 4 rings (SSSR count). The molecule has 2 aromatic heterocycles. The molecule has 11 heteroatoms. The summed E-state index contributed by atoms with van der Waals surface area (Å²) in [6, 6.07) is 6.30. The Hall–Kier alpha value is -3.11. The summed E-state index contributed by atoms with van der Waals surface area (Å²) < 4.78 is 39.7. The summed E-state index contributed by atoms with van der Waals surface area (Å²) in [4.78, 5) is 23.7. The van der Waals surface area contributed by atoms with Crippen molar-refractivity contribution in [3.05, 3.63) is 64.9 Å². The molecule has 3 heterocycles. The molecule has 0 aliphatic carbocycles. The van der Waals surface area contributed by atoms with Crippen molar-refractivity contribution in [3.63, 3.8) is 0 Å². The number of amides is 2. The van der Waals surface area contributed by atoms with Crippen LogP contribution in [0.15, 0.2) is 47.6 Å². The van der Waals surface area contributed by atoms with Gasteiger partial charge in [0.25, 0.3) is 5.88 Å². The molecule has 0 saturated heterocycles. The summed E-state index contributed by atoms with van der Waals surface area (Å²) in [5.74, 6) is -0.720. The van der Waals surface area contributed by atoms with Gasteiger partial charge in [-0.2, -0.15) is 0 Å². The fraction of sp³-hybridized carbons (Fsp3) is 0.150. The van der Waals surface area contributed by atoms with Gasteiger partial charge in [0.2, 0.25) is 0 Å². The van der Waals surface area contributed by atoms with Crippen molar-refractivity contribution >= 4 is 41.1 Å². The maximum atomic E-state index is 14.4. The molecule has 1 aliphatic rings. The smallest absolute Gasteiger partial charge is 0.341 e. The van der Waals surface area contributed by atoms with E-state index in [9.17, 15) is 13.6 Å². The summed E-state index contributed by atoms with van der Waals surface area (Å²) in [6.45, 7) is -0.244. The number of anilines is 2. The van der Waals surface area contributed by atoms with Crippen LogP contribution in [0.3, 0.4) is 0 Å². The van der Waals surface area contributed by atoms with Crippen LogP contribution in [0.25, 0.3) is 0 Å². The summed E-state index contributed by atoms with van der Waals surface area (Å²) in [5.41, 5.74) is 0.392. The monoisotopic (exact) mass is 464 g/mol. The Morgan fingerprint density at radius 2 is 1.97 bits per heavy atom. The number of methoxy groups -OCH3 is 2. The first-order valence-corrected chi connectivity index (χ1v) is 10.0. The Bertz CT molecular complexity index is 1140. The number of fused-ring (bicyclic) bond motifs is 1. The number of carbonyl (C=O) groups is 1. The van der Waals surface area contributed by atoms with Crippen LogP contribution in [0, 0.1) is 11.6 Å². The first-order valence-electron chi connectivity index (χ1n) is 8.89. The lowest BCUT2D eigenvalue weighted by Crippen LogP contribution is -2.43. The highest BCUT2D eigenvalue weighted by Gasteiger charge is 2.35. The zero-order valence-electron chi connectivity index (χ0n) is 16.3. The van der Waals surface area contributed by atoms with Crippen molar-refractivity contribution in [1.82, 2.24) is 9.97 Å². The Kier molecular flexibility index (Phi) is 5.84. The minimum absolute atomic E-state index is 0.0229. The average molecular weight is 465 g/mol. The third kappa shape index (κ3) is 3.96. The minimum Gasteiger partial charge on any atom is -0.491 e. The van der Waals surface area contributed by atoms with Crippen molar-refractivity contribution < 1.29 is 23.0 Å². The summed E-state index contributed by atoms with van der Waals surface area (Å²) in [6.07, 6.45) is 2.98. The minimum atomic E-state index is -0.854. The predicted molar refractivity (Wildman–Crippen MR) is 113 cm³/mol. The van der Waals surface area contributed by atoms with Gasteiger partial charge < -0.3 is 9.47 Å². The van der Waals surface area contributed by atoms with E-state index in [4.69, 9.17) is 21.1 Å². The number of nitrogens with zero attached hydrogens (tertiary/aromatic N) is 4. The summed E-state index contributed by atoms with van der Waals surface area (Å²) in [5, 5.41) is -0.125. The first kappa shape index (κ1) is 21.1. The van der Waals surface area contributed by atoms with Gasteiger partial charge in [0, 0.05) is 35.8 Å². The van der Waals surface area contributed by atoms with Crippen molar-refractivity contribution in [3.8, 4) is 11.6 Å². The summed E-state index contributed by atoms with van der Waals surface area (Å²) in [7, 11) is 2.91. The molecule has 0 unspecified atom stereocenters. The lowest BCUT2D eigenvalue weighted by atomic mass is 10.2. The van der Waals surface area contributed by atoms with Gasteiger partial charge in [0.1, 0.15) is 11.6 Å². The molecule has 0 bridgehead atoms. The Morgan fingerprint density at radius 1 is 1.16 bits per heavy atom. The van der Waals surface area contributed by atoms with Gasteiger partial charge >= 0.3 is 6.03 Å². The molecule has 0 spiro atoms. The third-order valence-corrected chi connectivity index (χ3v) is 5.88. The Balaban J connectivity index is 1.77. The van der Waals surface area contributed by atoms with E-state index in [1.807, 2.05) is 0 Å². The molecule has 160 valence electrons. The molecule has 0 radical (unpaired) electrons. The number of hydrogen-bond donors (Lipinski definition) is 0. The molecule has 31 heavy (non-hydrogen) atoms. The van der Waals surface area contributed by atoms with Crippen molar-refractivity contribution in [2.75, 3.05) is 23.4 Å². The topological polar surface area (TPSA) is 67.8 Å². The second-order valence-electron chi connectivity index (χ2n) is 6.33. The van der Waals surface area contributed by atoms with E-state index in [0.29, 0.717) is 22.2 Å². The van der Waals surface area contributed by atoms with Gasteiger partial charge in [0.05, 0.1) is 42.6 Å². The van der Waals surface area contributed by atoms with Gasteiger partial charge in [-0.3, -0.25) is 4.90 Å². The van der Waals surface area contributed by atoms with E-state index in [1.54, 1.807) is 18.2 Å². The highest BCUT2D eigenvalue weighted by Crippen LogP contribution is 2.42. The van der Waals surface area contributed by atoms with E-state index < -0.39 is 17.7 Å². The molecule has 7 nitrogen and oxygen atoms in total. The second kappa shape index (κ2) is 8.56. The number of rotatable bonds is 5. The number of hydrogen-bond acceptors (Lipinski definition) is 6. The van der Waals surface area contributed by atoms with Crippen molar-refractivity contribution in [1.29, 1.82) is 0 Å². The molecule has 3 aromatic rings. The number of carbonyl (C=O) groups excluding carboxylic acids is 1. The normalized spacial score (nSPS) is 13.3. The lowest BCUT2D eigenvalue weighted by Gasteiger charge is -2.35. The van der Waals surface area contributed by atoms with Gasteiger partial charge in [0.15, 0.2) is 11.6 Å². The van der Waals surface area contributed by atoms with Gasteiger partial charge in [-0.25, -0.2) is 27.8 Å². The van der Waals surface area contributed by atoms with Crippen LogP contribution >= 0.6 is 23.5 Å². The standard InChI is InChI=1S/C20H15ClF2N4O3S/c1-29-16-8-12(9-25-19(16)30-2)27-20(28)26(18-17(31-27)4-3-5-24-18)10-13-14(21)6-11(22)7-15(13)23/h3-9H,10H2,1-2H3. The molecule has 1 aromatic carbocycles. The van der Waals surface area contributed by atoms with E-state index >= 15 is 0 Å². The quantitative estimate of drug-likeness (QED) is 0.490. The molecular formula is C20H15ClF2N4O3S. The number of aromatic nitrogens is 2. The lowest BCUT2D eigenvalue weighted by molar-refractivity contribution is 0.254. The van der Waals surface area contributed by atoms with Crippen LogP contribution in [-0.4, -0.2) is 30.2 Å². The molecular weight excluding hydrogens is 450 g/mol. The molecule has 0 saturated carbocycles. The SMILES string of the molecule is COc1cc(N2Sc3cccnc3N(Cc3c(F)cc(F)cc3Cl)C2=O)cnc1OC. The average Bonchev–Trinajstić information content (AvgIpc) is 2.76. The molecule has 0 atom stereocenters. The predicted octanol–water partition coefficient (Wildman–Crippen LogP) is 5.08. The summed E-state index contributed by atoms with van der Waals surface area (Å²) >= 11 is 7.19. The van der Waals surface area contributed by atoms with Crippen LogP contribution in [0.4, 0.5) is 25.1 Å². The zero-order valence-corrected chi connectivity index (χ0v) is 17.9. The van der Waals surface area contributed by atoms with Crippen LogP contribution in [-0.2, 0) is 6.54 Å². The molecule has 2 amide bonds.